The van der Waals surface area contributed by atoms with Crippen LogP contribution in [0, 0.1) is 30.6 Å². The molecule has 6 atom stereocenters. The summed E-state index contributed by atoms with van der Waals surface area (Å²) in [6.45, 7) is 4.32. The Kier molecular flexibility index (Phi) is 7.86. The quantitative estimate of drug-likeness (QED) is 0.164. The second-order valence-electron chi connectivity index (χ2n) is 13.6. The molecule has 0 bridgehead atoms. The van der Waals surface area contributed by atoms with E-state index in [4.69, 9.17) is 4.74 Å². The molecule has 9 nitrogen and oxygen atoms in total. The number of phenolic OH excluding ortho intramolecular Hbond substituents is 1. The number of allylic oxidation sites excluding steroid dienone is 2. The van der Waals surface area contributed by atoms with E-state index in [-0.39, 0.29) is 42.2 Å². The van der Waals surface area contributed by atoms with Crippen molar-refractivity contribution in [3.8, 4) is 11.5 Å². The first-order chi connectivity index (χ1) is 24.2. The largest absolute Gasteiger partial charge is 0.504 e. The summed E-state index contributed by atoms with van der Waals surface area (Å²) in [5.41, 5.74) is 5.59. The Hall–Kier alpha value is -5.22. The molecule has 2 N–H and O–H groups in total. The second-order valence-corrected chi connectivity index (χ2v) is 14.6. The number of hydrazine groups is 1. The van der Waals surface area contributed by atoms with E-state index in [0.717, 1.165) is 21.0 Å². The second kappa shape index (κ2) is 12.3. The lowest BCUT2D eigenvalue weighted by Gasteiger charge is -2.50. The van der Waals surface area contributed by atoms with Crippen LogP contribution in [0.5, 0.6) is 11.5 Å². The first kappa shape index (κ1) is 32.0. The summed E-state index contributed by atoms with van der Waals surface area (Å²) >= 11 is 1.50. The molecule has 50 heavy (non-hydrogen) atoms. The van der Waals surface area contributed by atoms with E-state index in [1.807, 2.05) is 92.0 Å². The molecule has 4 aromatic rings. The molecule has 10 heteroatoms. The highest BCUT2D eigenvalue weighted by Gasteiger charge is 2.70. The van der Waals surface area contributed by atoms with Gasteiger partial charge in [-0.05, 0) is 79.4 Å². The molecule has 3 heterocycles. The Morgan fingerprint density at radius 1 is 0.920 bits per heavy atom. The topological polar surface area (TPSA) is 116 Å². The number of rotatable bonds is 8. The van der Waals surface area contributed by atoms with Crippen molar-refractivity contribution in [2.75, 3.05) is 12.0 Å². The zero-order valence-corrected chi connectivity index (χ0v) is 28.6. The van der Waals surface area contributed by atoms with Gasteiger partial charge >= 0.3 is 0 Å². The fourth-order valence-corrected chi connectivity index (χ4v) is 9.58. The lowest BCUT2D eigenvalue weighted by Crippen LogP contribution is -2.53. The molecule has 1 saturated carbocycles. The number of nitrogens with zero attached hydrogens (tertiary/aromatic N) is 2. The van der Waals surface area contributed by atoms with Crippen molar-refractivity contribution in [1.29, 1.82) is 0 Å². The number of carbonyl (C=O) groups is 4. The first-order valence-corrected chi connectivity index (χ1v) is 17.9. The van der Waals surface area contributed by atoms with E-state index >= 15 is 4.79 Å². The van der Waals surface area contributed by atoms with Gasteiger partial charge in [0.05, 0.1) is 42.0 Å². The number of anilines is 1. The minimum Gasteiger partial charge on any atom is -0.504 e. The van der Waals surface area contributed by atoms with Gasteiger partial charge in [-0.1, -0.05) is 71.8 Å². The molecule has 1 aromatic heterocycles. The predicted molar refractivity (Wildman–Crippen MR) is 188 cm³/mol. The number of benzene rings is 3. The van der Waals surface area contributed by atoms with E-state index in [1.54, 1.807) is 18.2 Å². The summed E-state index contributed by atoms with van der Waals surface area (Å²) in [5, 5.41) is 13.8. The maximum atomic E-state index is 15.3. The molecule has 8 rings (SSSR count). The van der Waals surface area contributed by atoms with Gasteiger partial charge < -0.3 is 9.84 Å². The van der Waals surface area contributed by atoms with E-state index < -0.39 is 40.9 Å². The van der Waals surface area contributed by atoms with Crippen molar-refractivity contribution >= 4 is 40.7 Å². The minimum atomic E-state index is -1.39. The standard InChI is InChI=1S/C40H37N3O6S/c1-3-49-33-20-24(13-18-32(33)44)35-28-16-17-29-34(38(47)42(36(29)45)22-27-10-7-19-50-27)30(28)21-31-37(46)43(41-26-14-11-23(2)12-15-26)39(48)40(31,35)25-8-5-4-6-9-25/h4-16,18-20,29-31,34-35,41,44H,3,17,21-22H2,1-2H3. The van der Waals surface area contributed by atoms with Crippen molar-refractivity contribution < 1.29 is 29.0 Å². The van der Waals surface area contributed by atoms with Crippen LogP contribution in [0.25, 0.3) is 0 Å². The number of aromatic hydroxyl groups is 1. The third-order valence-electron chi connectivity index (χ3n) is 11.0. The minimum absolute atomic E-state index is 0.0387. The monoisotopic (exact) mass is 687 g/mol. The molecular weight excluding hydrogens is 651 g/mol. The fraction of sp³-hybridized carbons (Fsp3) is 0.300. The van der Waals surface area contributed by atoms with E-state index in [1.165, 1.54) is 16.2 Å². The maximum Gasteiger partial charge on any atom is 0.260 e. The fourth-order valence-electron chi connectivity index (χ4n) is 8.88. The number of amides is 4. The lowest BCUT2D eigenvalue weighted by molar-refractivity contribution is -0.141. The lowest BCUT2D eigenvalue weighted by atomic mass is 9.49. The Balaban J connectivity index is 1.31. The molecule has 6 unspecified atom stereocenters. The molecule has 0 radical (unpaired) electrons. The van der Waals surface area contributed by atoms with Gasteiger partial charge in [-0.15, -0.1) is 11.3 Å². The van der Waals surface area contributed by atoms with Gasteiger partial charge in [0.15, 0.2) is 11.5 Å². The Morgan fingerprint density at radius 3 is 2.42 bits per heavy atom. The van der Waals surface area contributed by atoms with Crippen LogP contribution in [-0.4, -0.2) is 45.3 Å². The number of fused-ring (bicyclic) bond motifs is 4. The van der Waals surface area contributed by atoms with Gasteiger partial charge in [0.2, 0.25) is 11.8 Å². The molecule has 2 saturated heterocycles. The number of hydrogen-bond acceptors (Lipinski definition) is 8. The number of likely N-dealkylation sites (tertiary alicyclic amines) is 1. The van der Waals surface area contributed by atoms with Crippen molar-refractivity contribution in [1.82, 2.24) is 9.91 Å². The first-order valence-electron chi connectivity index (χ1n) is 17.0. The van der Waals surface area contributed by atoms with Crippen molar-refractivity contribution in [3.05, 3.63) is 124 Å². The molecule has 0 spiro atoms. The van der Waals surface area contributed by atoms with E-state index in [9.17, 15) is 19.5 Å². The molecule has 4 amide bonds. The summed E-state index contributed by atoms with van der Waals surface area (Å²) in [7, 11) is 0. The predicted octanol–water partition coefficient (Wildman–Crippen LogP) is 6.35. The third-order valence-corrected chi connectivity index (χ3v) is 11.9. The van der Waals surface area contributed by atoms with Crippen LogP contribution in [0.3, 0.4) is 0 Å². The molecule has 3 aromatic carbocycles. The van der Waals surface area contributed by atoms with Crippen LogP contribution >= 0.6 is 11.3 Å². The molecule has 3 fully saturated rings. The summed E-state index contributed by atoms with van der Waals surface area (Å²) < 4.78 is 5.83. The molecule has 254 valence electrons. The number of ether oxygens (including phenoxy) is 1. The summed E-state index contributed by atoms with van der Waals surface area (Å²) in [5.74, 6) is -4.23. The Labute approximate surface area is 294 Å². The third kappa shape index (κ3) is 4.80. The van der Waals surface area contributed by atoms with Crippen LogP contribution in [0.4, 0.5) is 5.69 Å². The normalized spacial score (nSPS) is 27.2. The van der Waals surface area contributed by atoms with Gasteiger partial charge in [-0.3, -0.25) is 29.5 Å². The number of carbonyl (C=O) groups excluding carboxylic acids is 4. The summed E-state index contributed by atoms with van der Waals surface area (Å²) in [4.78, 5) is 60.5. The van der Waals surface area contributed by atoms with Gasteiger partial charge in [0, 0.05) is 10.8 Å². The van der Waals surface area contributed by atoms with E-state index in [0.29, 0.717) is 29.8 Å². The van der Waals surface area contributed by atoms with Crippen LogP contribution < -0.4 is 10.2 Å². The Bertz CT molecular complexity index is 2030. The van der Waals surface area contributed by atoms with Crippen molar-refractivity contribution in [2.45, 2.75) is 44.6 Å². The number of nitrogens with one attached hydrogen (secondary N) is 1. The van der Waals surface area contributed by atoms with Crippen LogP contribution in [-0.2, 0) is 31.1 Å². The number of phenols is 1. The Morgan fingerprint density at radius 2 is 1.70 bits per heavy atom. The number of thiophene rings is 1. The highest BCUT2D eigenvalue weighted by molar-refractivity contribution is 7.09. The zero-order chi connectivity index (χ0) is 34.7. The van der Waals surface area contributed by atoms with Gasteiger partial charge in [-0.25, -0.2) is 0 Å². The number of imide groups is 2. The van der Waals surface area contributed by atoms with Gasteiger partial charge in [0.1, 0.15) is 0 Å². The van der Waals surface area contributed by atoms with Gasteiger partial charge in [0.25, 0.3) is 11.8 Å². The highest BCUT2D eigenvalue weighted by Crippen LogP contribution is 2.64. The summed E-state index contributed by atoms with van der Waals surface area (Å²) in [6, 6.07) is 25.8. The SMILES string of the molecule is CCOc1cc(C2C3=CCC4C(=O)N(Cc5cccs5)C(=O)C4C3CC3C(=O)N(Nc4ccc(C)cc4)C(=O)C32c2ccccc2)ccc1O. The molecular formula is C40H37N3O6S. The van der Waals surface area contributed by atoms with Crippen molar-refractivity contribution in [3.63, 3.8) is 0 Å². The maximum absolute atomic E-state index is 15.3. The van der Waals surface area contributed by atoms with E-state index in [2.05, 4.69) is 5.43 Å². The molecule has 2 aliphatic heterocycles. The number of aryl methyl sites for hydroxylation is 1. The smallest absolute Gasteiger partial charge is 0.260 e. The molecule has 2 aliphatic carbocycles. The highest BCUT2D eigenvalue weighted by atomic mass is 32.1. The molecule has 4 aliphatic rings. The van der Waals surface area contributed by atoms with Crippen molar-refractivity contribution in [2.24, 2.45) is 23.7 Å². The summed E-state index contributed by atoms with van der Waals surface area (Å²) in [6.07, 6.45) is 2.60. The van der Waals surface area contributed by atoms with Gasteiger partial charge in [-0.2, -0.15) is 5.01 Å². The average molecular weight is 688 g/mol. The van der Waals surface area contributed by atoms with Crippen LogP contribution in [0.1, 0.15) is 47.3 Å². The average Bonchev–Trinajstić information content (AvgIpc) is 3.79. The number of hydrogen-bond donors (Lipinski definition) is 2. The zero-order valence-electron chi connectivity index (χ0n) is 27.7. The van der Waals surface area contributed by atoms with Crippen LogP contribution in [0.2, 0.25) is 0 Å². The van der Waals surface area contributed by atoms with Crippen LogP contribution in [0.15, 0.2) is 102 Å².